The Kier molecular flexibility index (Phi) is 49.9. The topological polar surface area (TPSA) is 78.9 Å². The normalized spacial score (nSPS) is 12.6. The molecule has 0 aliphatic carbocycles. The lowest BCUT2D eigenvalue weighted by molar-refractivity contribution is -0.167. The van der Waals surface area contributed by atoms with Gasteiger partial charge in [0, 0.05) is 19.3 Å². The largest absolute Gasteiger partial charge is 0.462 e. The first-order chi connectivity index (χ1) is 31.5. The summed E-state index contributed by atoms with van der Waals surface area (Å²) in [4.78, 5) is 38.0. The van der Waals surface area contributed by atoms with Crippen LogP contribution in [0.25, 0.3) is 0 Å². The molecule has 1 unspecified atom stereocenters. The van der Waals surface area contributed by atoms with Crippen molar-refractivity contribution in [3.63, 3.8) is 0 Å². The third-order valence-electron chi connectivity index (χ3n) is 11.6. The van der Waals surface area contributed by atoms with Gasteiger partial charge in [0.25, 0.3) is 0 Å². The van der Waals surface area contributed by atoms with Crippen LogP contribution in [0.3, 0.4) is 0 Å². The number of rotatable bonds is 48. The number of unbranched alkanes of at least 4 members (excludes halogenated alkanes) is 29. The molecule has 0 heterocycles. The summed E-state index contributed by atoms with van der Waals surface area (Å²) in [6.45, 7) is 6.44. The average Bonchev–Trinajstić information content (AvgIpc) is 3.29. The molecule has 0 N–H and O–H groups in total. The summed E-state index contributed by atoms with van der Waals surface area (Å²) in [5, 5.41) is 0. The summed E-state index contributed by atoms with van der Waals surface area (Å²) < 4.78 is 16.7. The highest BCUT2D eigenvalue weighted by atomic mass is 16.6. The molecule has 0 rings (SSSR count). The predicted molar refractivity (Wildman–Crippen MR) is 274 cm³/mol. The fourth-order valence-electron chi connectivity index (χ4n) is 7.53. The van der Waals surface area contributed by atoms with Gasteiger partial charge in [0.2, 0.25) is 0 Å². The minimum absolute atomic E-state index is 0.0983. The molecule has 0 aromatic rings. The van der Waals surface area contributed by atoms with E-state index in [9.17, 15) is 14.4 Å². The molecular weight excluding hydrogens is 793 g/mol. The quantitative estimate of drug-likeness (QED) is 0.0199. The summed E-state index contributed by atoms with van der Waals surface area (Å²) in [7, 11) is 0. The first kappa shape index (κ1) is 60.9. The Hall–Kier alpha value is -3.15. The molecule has 0 saturated heterocycles. The van der Waals surface area contributed by atoms with Crippen molar-refractivity contribution in [3.8, 4) is 0 Å². The van der Waals surface area contributed by atoms with Crippen molar-refractivity contribution >= 4 is 17.9 Å². The first-order valence-corrected chi connectivity index (χ1v) is 27.0. The summed E-state index contributed by atoms with van der Waals surface area (Å²) in [5.74, 6) is -0.973. The zero-order valence-corrected chi connectivity index (χ0v) is 42.0. The number of carbonyl (C=O) groups excluding carboxylic acids is 3. The zero-order chi connectivity index (χ0) is 46.5. The monoisotopic (exact) mass is 893 g/mol. The maximum Gasteiger partial charge on any atom is 0.306 e. The Morgan fingerprint density at radius 2 is 0.641 bits per heavy atom. The van der Waals surface area contributed by atoms with Gasteiger partial charge in [-0.05, 0) is 57.8 Å². The van der Waals surface area contributed by atoms with Gasteiger partial charge in [-0.15, -0.1) is 0 Å². The predicted octanol–water partition coefficient (Wildman–Crippen LogP) is 17.8. The highest BCUT2D eigenvalue weighted by molar-refractivity contribution is 5.71. The summed E-state index contributed by atoms with van der Waals surface area (Å²) >= 11 is 0. The van der Waals surface area contributed by atoms with E-state index in [-0.39, 0.29) is 37.5 Å². The van der Waals surface area contributed by atoms with Gasteiger partial charge in [0.1, 0.15) is 13.2 Å². The number of allylic oxidation sites excluding steroid dienone is 12. The van der Waals surface area contributed by atoms with E-state index in [0.29, 0.717) is 19.3 Å². The Balaban J connectivity index is 4.42. The van der Waals surface area contributed by atoms with Crippen molar-refractivity contribution in [1.29, 1.82) is 0 Å². The van der Waals surface area contributed by atoms with E-state index in [4.69, 9.17) is 14.2 Å². The van der Waals surface area contributed by atoms with Gasteiger partial charge in [-0.3, -0.25) is 14.4 Å². The van der Waals surface area contributed by atoms with E-state index in [0.717, 1.165) is 51.4 Å². The maximum atomic E-state index is 12.8. The van der Waals surface area contributed by atoms with E-state index in [2.05, 4.69) is 39.0 Å². The SMILES string of the molecule is CC\C=C/C=C\C=C/C=C\C=C/CCCC(=O)OCC(COC(=O)CCCCCCCCC/C=C\CCCCCCCCCC)OC(=O)CCCCCCCCCCCCCCCC. The molecular formula is C58H100O6. The molecule has 0 amide bonds. The molecule has 0 spiro atoms. The fraction of sp³-hybridized carbons (Fsp3) is 0.741. The number of hydrogen-bond acceptors (Lipinski definition) is 6. The van der Waals surface area contributed by atoms with Gasteiger partial charge in [-0.2, -0.15) is 0 Å². The van der Waals surface area contributed by atoms with Crippen LogP contribution in [-0.4, -0.2) is 37.2 Å². The second kappa shape index (κ2) is 52.5. The highest BCUT2D eigenvalue weighted by Gasteiger charge is 2.19. The Labute approximate surface area is 395 Å². The molecule has 0 bridgehead atoms. The van der Waals surface area contributed by atoms with Gasteiger partial charge in [-0.1, -0.05) is 254 Å². The molecule has 0 aromatic heterocycles. The van der Waals surface area contributed by atoms with Crippen LogP contribution >= 0.6 is 0 Å². The lowest BCUT2D eigenvalue weighted by atomic mass is 10.0. The average molecular weight is 893 g/mol. The van der Waals surface area contributed by atoms with Crippen LogP contribution in [0.4, 0.5) is 0 Å². The van der Waals surface area contributed by atoms with Gasteiger partial charge in [0.15, 0.2) is 6.10 Å². The first-order valence-electron chi connectivity index (χ1n) is 27.0. The van der Waals surface area contributed by atoms with Gasteiger partial charge in [0.05, 0.1) is 0 Å². The fourth-order valence-corrected chi connectivity index (χ4v) is 7.53. The minimum atomic E-state index is -0.803. The zero-order valence-electron chi connectivity index (χ0n) is 42.0. The van der Waals surface area contributed by atoms with Crippen LogP contribution in [-0.2, 0) is 28.6 Å². The molecule has 0 aliphatic heterocycles. The Morgan fingerprint density at radius 1 is 0.328 bits per heavy atom. The van der Waals surface area contributed by atoms with E-state index >= 15 is 0 Å². The van der Waals surface area contributed by atoms with Crippen molar-refractivity contribution in [1.82, 2.24) is 0 Å². The van der Waals surface area contributed by atoms with Crippen LogP contribution in [0.15, 0.2) is 72.9 Å². The van der Waals surface area contributed by atoms with Crippen LogP contribution in [0, 0.1) is 0 Å². The molecule has 6 nitrogen and oxygen atoms in total. The molecule has 0 fully saturated rings. The molecule has 1 atom stereocenters. The van der Waals surface area contributed by atoms with Gasteiger partial charge < -0.3 is 14.2 Å². The summed E-state index contributed by atoms with van der Waals surface area (Å²) in [6.07, 6.45) is 66.1. The van der Waals surface area contributed by atoms with E-state index in [1.165, 1.54) is 161 Å². The summed E-state index contributed by atoms with van der Waals surface area (Å²) in [5.41, 5.74) is 0. The molecule has 0 aliphatic rings. The number of carbonyl (C=O) groups is 3. The number of ether oxygens (including phenoxy) is 3. The Morgan fingerprint density at radius 3 is 1.05 bits per heavy atom. The second-order valence-corrected chi connectivity index (χ2v) is 17.9. The van der Waals surface area contributed by atoms with Gasteiger partial charge >= 0.3 is 17.9 Å². The summed E-state index contributed by atoms with van der Waals surface area (Å²) in [6, 6.07) is 0. The van der Waals surface area contributed by atoms with Crippen molar-refractivity contribution < 1.29 is 28.6 Å². The molecule has 0 radical (unpaired) electrons. The highest BCUT2D eigenvalue weighted by Crippen LogP contribution is 2.15. The van der Waals surface area contributed by atoms with E-state index in [1.807, 2.05) is 54.7 Å². The molecule has 6 heteroatoms. The second-order valence-electron chi connectivity index (χ2n) is 17.9. The van der Waals surface area contributed by atoms with E-state index < -0.39 is 6.10 Å². The van der Waals surface area contributed by atoms with Crippen molar-refractivity contribution in [3.05, 3.63) is 72.9 Å². The van der Waals surface area contributed by atoms with Crippen LogP contribution in [0.2, 0.25) is 0 Å². The van der Waals surface area contributed by atoms with Crippen molar-refractivity contribution in [2.24, 2.45) is 0 Å². The van der Waals surface area contributed by atoms with Crippen molar-refractivity contribution in [2.75, 3.05) is 13.2 Å². The molecule has 64 heavy (non-hydrogen) atoms. The minimum Gasteiger partial charge on any atom is -0.462 e. The lowest BCUT2D eigenvalue weighted by Crippen LogP contribution is -2.30. The Bertz CT molecular complexity index is 1210. The molecule has 0 saturated carbocycles. The maximum absolute atomic E-state index is 12.8. The van der Waals surface area contributed by atoms with Gasteiger partial charge in [-0.25, -0.2) is 0 Å². The van der Waals surface area contributed by atoms with Crippen LogP contribution < -0.4 is 0 Å². The molecule has 0 aromatic carbocycles. The third-order valence-corrected chi connectivity index (χ3v) is 11.6. The van der Waals surface area contributed by atoms with Crippen LogP contribution in [0.1, 0.15) is 258 Å². The van der Waals surface area contributed by atoms with E-state index in [1.54, 1.807) is 0 Å². The third kappa shape index (κ3) is 49.9. The van der Waals surface area contributed by atoms with Crippen LogP contribution in [0.5, 0.6) is 0 Å². The number of hydrogen-bond donors (Lipinski definition) is 0. The number of esters is 3. The lowest BCUT2D eigenvalue weighted by Gasteiger charge is -2.18. The smallest absolute Gasteiger partial charge is 0.306 e. The standard InChI is InChI=1S/C58H100O6/c1-4-7-10-13-16-19-22-25-27-28-29-30-31-34-36-39-42-45-48-51-57(60)63-54-55(53-62-56(59)50-47-44-41-38-35-32-24-21-18-15-12-9-6-3)64-58(61)52-49-46-43-40-37-33-26-23-20-17-14-11-8-5-2/h9,12,15,18,21,24,28-29,32,35,38,41,55H,4-8,10-11,13-14,16-17,19-20,22-23,25-27,30-31,33-34,36-37,39-40,42-54H2,1-3H3/b12-9-,18-15-,24-21-,29-28-,35-32-,41-38-. The van der Waals surface area contributed by atoms with Crippen molar-refractivity contribution in [2.45, 2.75) is 264 Å². The molecule has 368 valence electrons.